The smallest absolute Gasteiger partial charge is 0.224 e. The molecule has 4 N–H and O–H groups in total. The summed E-state index contributed by atoms with van der Waals surface area (Å²) in [6.45, 7) is 3.59. The summed E-state index contributed by atoms with van der Waals surface area (Å²) in [5.74, 6) is 1.47. The van der Waals surface area contributed by atoms with E-state index in [1.54, 1.807) is 14.2 Å². The van der Waals surface area contributed by atoms with Crippen molar-refractivity contribution in [2.45, 2.75) is 12.8 Å². The van der Waals surface area contributed by atoms with Crippen LogP contribution in [0.1, 0.15) is 11.1 Å². The molecule has 0 aliphatic heterocycles. The van der Waals surface area contributed by atoms with E-state index in [0.717, 1.165) is 22.6 Å². The second kappa shape index (κ2) is 14.1. The summed E-state index contributed by atoms with van der Waals surface area (Å²) >= 11 is 0. The van der Waals surface area contributed by atoms with E-state index in [1.807, 2.05) is 48.5 Å². The van der Waals surface area contributed by atoms with Crippen molar-refractivity contribution < 1.29 is 19.1 Å². The molecule has 0 radical (unpaired) electrons. The lowest BCUT2D eigenvalue weighted by Gasteiger charge is -2.22. The van der Waals surface area contributed by atoms with Gasteiger partial charge in [-0.15, -0.1) is 0 Å². The predicted molar refractivity (Wildman–Crippen MR) is 125 cm³/mol. The predicted octanol–water partition coefficient (Wildman–Crippen LogP) is 0.982. The van der Waals surface area contributed by atoms with Gasteiger partial charge in [0.2, 0.25) is 11.8 Å². The molecule has 2 amide bonds. The number of nitrogens with one attached hydrogen (secondary N) is 2. The van der Waals surface area contributed by atoms with E-state index >= 15 is 0 Å². The largest absolute Gasteiger partial charge is 0.497 e. The molecule has 174 valence electrons. The molecule has 0 aromatic heterocycles. The zero-order valence-electron chi connectivity index (χ0n) is 18.9. The Balaban J connectivity index is 1.66. The van der Waals surface area contributed by atoms with Gasteiger partial charge in [0.25, 0.3) is 0 Å². The lowest BCUT2D eigenvalue weighted by Crippen LogP contribution is -2.42. The number of amides is 2. The highest BCUT2D eigenvalue weighted by Gasteiger charge is 2.08. The van der Waals surface area contributed by atoms with Crippen LogP contribution < -0.4 is 25.8 Å². The minimum absolute atomic E-state index is 0.0318. The lowest BCUT2D eigenvalue weighted by molar-refractivity contribution is -0.121. The average Bonchev–Trinajstić information content (AvgIpc) is 2.80. The number of ether oxygens (including phenoxy) is 2. The van der Waals surface area contributed by atoms with Gasteiger partial charge in [0.15, 0.2) is 0 Å². The summed E-state index contributed by atoms with van der Waals surface area (Å²) in [5.41, 5.74) is 7.57. The van der Waals surface area contributed by atoms with Gasteiger partial charge in [0.05, 0.1) is 27.1 Å². The van der Waals surface area contributed by atoms with Crippen molar-refractivity contribution in [3.63, 3.8) is 0 Å². The SMILES string of the molecule is COc1ccc(CC(=O)NCCN(CCN)CCNC(=O)Cc2ccc(OC)cc2)cc1. The summed E-state index contributed by atoms with van der Waals surface area (Å²) in [6, 6.07) is 14.9. The molecule has 0 saturated carbocycles. The zero-order valence-corrected chi connectivity index (χ0v) is 18.9. The molecular formula is C24H34N4O4. The summed E-state index contributed by atoms with van der Waals surface area (Å²) in [7, 11) is 3.22. The Morgan fingerprint density at radius 3 is 1.50 bits per heavy atom. The maximum Gasteiger partial charge on any atom is 0.224 e. The van der Waals surface area contributed by atoms with Gasteiger partial charge in [-0.1, -0.05) is 24.3 Å². The maximum absolute atomic E-state index is 12.2. The molecule has 0 aliphatic carbocycles. The number of carbonyl (C=O) groups is 2. The van der Waals surface area contributed by atoms with E-state index in [9.17, 15) is 9.59 Å². The van der Waals surface area contributed by atoms with Crippen LogP contribution in [0.3, 0.4) is 0 Å². The van der Waals surface area contributed by atoms with Gasteiger partial charge < -0.3 is 25.8 Å². The third kappa shape index (κ3) is 9.36. The first-order valence-electron chi connectivity index (χ1n) is 10.8. The Labute approximate surface area is 190 Å². The molecule has 0 unspecified atom stereocenters. The number of benzene rings is 2. The van der Waals surface area contributed by atoms with E-state index in [1.165, 1.54) is 0 Å². The van der Waals surface area contributed by atoms with Crippen LogP contribution in [0.5, 0.6) is 11.5 Å². The second-order valence-corrected chi connectivity index (χ2v) is 7.38. The summed E-state index contributed by atoms with van der Waals surface area (Å²) in [4.78, 5) is 26.5. The van der Waals surface area contributed by atoms with E-state index in [-0.39, 0.29) is 11.8 Å². The number of carbonyl (C=O) groups excluding carboxylic acids is 2. The molecule has 2 aromatic rings. The molecule has 0 fully saturated rings. The van der Waals surface area contributed by atoms with Gasteiger partial charge in [0.1, 0.15) is 11.5 Å². The molecule has 0 saturated heterocycles. The van der Waals surface area contributed by atoms with Crippen molar-refractivity contribution in [2.24, 2.45) is 5.73 Å². The number of methoxy groups -OCH3 is 2. The number of nitrogens with zero attached hydrogens (tertiary/aromatic N) is 1. The quantitative estimate of drug-likeness (QED) is 0.403. The van der Waals surface area contributed by atoms with Gasteiger partial charge in [0, 0.05) is 39.3 Å². The van der Waals surface area contributed by atoms with Gasteiger partial charge in [-0.05, 0) is 35.4 Å². The van der Waals surface area contributed by atoms with Crippen molar-refractivity contribution in [1.29, 1.82) is 0 Å². The van der Waals surface area contributed by atoms with Crippen molar-refractivity contribution >= 4 is 11.8 Å². The van der Waals surface area contributed by atoms with E-state index in [2.05, 4.69) is 15.5 Å². The minimum Gasteiger partial charge on any atom is -0.497 e. The van der Waals surface area contributed by atoms with Crippen LogP contribution in [0.15, 0.2) is 48.5 Å². The Hall–Kier alpha value is -3.10. The second-order valence-electron chi connectivity index (χ2n) is 7.38. The van der Waals surface area contributed by atoms with Gasteiger partial charge in [-0.3, -0.25) is 14.5 Å². The van der Waals surface area contributed by atoms with E-state index < -0.39 is 0 Å². The van der Waals surface area contributed by atoms with Crippen molar-refractivity contribution in [3.05, 3.63) is 59.7 Å². The highest BCUT2D eigenvalue weighted by molar-refractivity contribution is 5.79. The molecule has 32 heavy (non-hydrogen) atoms. The lowest BCUT2D eigenvalue weighted by atomic mass is 10.1. The third-order valence-corrected chi connectivity index (χ3v) is 4.99. The molecule has 0 spiro atoms. The third-order valence-electron chi connectivity index (χ3n) is 4.99. The Morgan fingerprint density at radius 2 is 1.16 bits per heavy atom. The van der Waals surface area contributed by atoms with Crippen LogP contribution in [0.4, 0.5) is 0 Å². The summed E-state index contributed by atoms with van der Waals surface area (Å²) in [5, 5.41) is 5.88. The van der Waals surface area contributed by atoms with Crippen molar-refractivity contribution in [1.82, 2.24) is 15.5 Å². The highest BCUT2D eigenvalue weighted by Crippen LogP contribution is 2.12. The van der Waals surface area contributed by atoms with Gasteiger partial charge in [-0.2, -0.15) is 0 Å². The highest BCUT2D eigenvalue weighted by atomic mass is 16.5. The molecule has 0 heterocycles. The average molecular weight is 443 g/mol. The number of rotatable bonds is 14. The van der Waals surface area contributed by atoms with Crippen LogP contribution in [0.2, 0.25) is 0 Å². The van der Waals surface area contributed by atoms with Gasteiger partial charge >= 0.3 is 0 Å². The Bertz CT molecular complexity index is 757. The van der Waals surface area contributed by atoms with E-state index in [0.29, 0.717) is 52.1 Å². The van der Waals surface area contributed by atoms with Crippen molar-refractivity contribution in [3.8, 4) is 11.5 Å². The fourth-order valence-electron chi connectivity index (χ4n) is 3.21. The maximum atomic E-state index is 12.2. The van der Waals surface area contributed by atoms with Crippen LogP contribution in [0, 0.1) is 0 Å². The Kier molecular flexibility index (Phi) is 11.1. The first kappa shape index (κ1) is 25.2. The number of hydrogen-bond donors (Lipinski definition) is 3. The number of nitrogens with two attached hydrogens (primary N) is 1. The first-order valence-corrected chi connectivity index (χ1v) is 10.8. The van der Waals surface area contributed by atoms with Crippen molar-refractivity contribution in [2.75, 3.05) is 53.5 Å². The van der Waals surface area contributed by atoms with Gasteiger partial charge in [-0.25, -0.2) is 0 Å². The van der Waals surface area contributed by atoms with Crippen LogP contribution >= 0.6 is 0 Å². The topological polar surface area (TPSA) is 106 Å². The molecule has 0 aliphatic rings. The molecular weight excluding hydrogens is 408 g/mol. The number of hydrogen-bond acceptors (Lipinski definition) is 6. The molecule has 8 nitrogen and oxygen atoms in total. The van der Waals surface area contributed by atoms with Crippen LogP contribution in [-0.4, -0.2) is 70.2 Å². The standard InChI is InChI=1S/C24H34N4O4/c1-31-21-7-3-19(4-8-21)17-23(29)26-12-15-28(14-11-25)16-13-27-24(30)18-20-5-9-22(32-2)10-6-20/h3-10H,11-18,25H2,1-2H3,(H,26,29)(H,27,30). The molecule has 0 atom stereocenters. The Morgan fingerprint density at radius 1 is 0.750 bits per heavy atom. The van der Waals surface area contributed by atoms with Crippen LogP contribution in [0.25, 0.3) is 0 Å². The van der Waals surface area contributed by atoms with Crippen LogP contribution in [-0.2, 0) is 22.4 Å². The molecule has 8 heteroatoms. The van der Waals surface area contributed by atoms with E-state index in [4.69, 9.17) is 15.2 Å². The normalized spacial score (nSPS) is 10.6. The first-order chi connectivity index (χ1) is 15.5. The zero-order chi connectivity index (χ0) is 23.2. The monoisotopic (exact) mass is 442 g/mol. The summed E-state index contributed by atoms with van der Waals surface area (Å²) in [6.07, 6.45) is 0.643. The minimum atomic E-state index is -0.0318. The fraction of sp³-hybridized carbons (Fsp3) is 0.417. The molecule has 0 bridgehead atoms. The molecule has 2 rings (SSSR count). The molecule has 2 aromatic carbocycles. The fourth-order valence-corrected chi connectivity index (χ4v) is 3.21. The summed E-state index contributed by atoms with van der Waals surface area (Å²) < 4.78 is 10.3.